The summed E-state index contributed by atoms with van der Waals surface area (Å²) >= 11 is 0. The molecule has 0 aliphatic heterocycles. The van der Waals surface area contributed by atoms with Crippen LogP contribution in [0.2, 0.25) is 0 Å². The SMILES string of the molecule is Fc1c(F)c(F)c([B-](c2c(F)c(F)c(F)c(F)c2F)(c2c(F)c(F)c(F)c(F)c2F)c2c(F)c(F)c(F)c(F)c2F)c(F)c1F.Oc1ccc(-c2cc[n+](Cc3ccccc3)cc2)cc1. The second kappa shape index (κ2) is 17.8. The molecule has 7 rings (SSSR count). The highest BCUT2D eigenvalue weighted by molar-refractivity contribution is 7.20. The first-order valence-corrected chi connectivity index (χ1v) is 17.6. The van der Waals surface area contributed by atoms with Gasteiger partial charge in [-0.25, -0.2) is 92.4 Å². The van der Waals surface area contributed by atoms with Gasteiger partial charge in [-0.05, 0) is 23.3 Å². The number of phenols is 1. The van der Waals surface area contributed by atoms with Crippen LogP contribution in [0.5, 0.6) is 5.75 Å². The van der Waals surface area contributed by atoms with E-state index in [1.165, 1.54) is 5.56 Å². The van der Waals surface area contributed by atoms with E-state index in [0.29, 0.717) is 5.75 Å². The van der Waals surface area contributed by atoms with Crippen molar-refractivity contribution in [1.29, 1.82) is 0 Å². The van der Waals surface area contributed by atoms with E-state index in [9.17, 15) is 57.8 Å². The van der Waals surface area contributed by atoms with Crippen molar-refractivity contribution in [3.63, 3.8) is 0 Å². The Balaban J connectivity index is 0.000000289. The number of benzene rings is 6. The molecule has 2 nitrogen and oxygen atoms in total. The van der Waals surface area contributed by atoms with Crippen LogP contribution < -0.4 is 26.4 Å². The van der Waals surface area contributed by atoms with Gasteiger partial charge < -0.3 is 5.11 Å². The molecule has 0 unspecified atom stereocenters. The molecule has 0 saturated heterocycles. The van der Waals surface area contributed by atoms with Gasteiger partial charge in [-0.2, -0.15) is 0 Å². The molecular formula is C42H16BF20NO. The zero-order valence-corrected chi connectivity index (χ0v) is 31.2. The minimum absolute atomic E-state index is 0.295. The van der Waals surface area contributed by atoms with E-state index in [1.54, 1.807) is 12.1 Å². The molecule has 23 heteroatoms. The third-order valence-electron chi connectivity index (χ3n) is 10.0. The zero-order chi connectivity index (χ0) is 48.1. The van der Waals surface area contributed by atoms with Crippen molar-refractivity contribution in [1.82, 2.24) is 0 Å². The molecule has 7 aromatic rings. The van der Waals surface area contributed by atoms with Crippen LogP contribution in [-0.2, 0) is 6.54 Å². The summed E-state index contributed by atoms with van der Waals surface area (Å²) in [6, 6.07) is 21.8. The number of hydrogen-bond acceptors (Lipinski definition) is 1. The van der Waals surface area contributed by atoms with Crippen LogP contribution in [0.1, 0.15) is 5.56 Å². The largest absolute Gasteiger partial charge is 0.508 e. The van der Waals surface area contributed by atoms with Crippen molar-refractivity contribution in [2.75, 3.05) is 0 Å². The summed E-state index contributed by atoms with van der Waals surface area (Å²) in [6.45, 7) is 0.872. The predicted molar refractivity (Wildman–Crippen MR) is 188 cm³/mol. The molecule has 0 radical (unpaired) electrons. The highest BCUT2D eigenvalue weighted by Gasteiger charge is 2.52. The monoisotopic (exact) mass is 941 g/mol. The Morgan fingerprint density at radius 2 is 0.554 bits per heavy atom. The first-order valence-electron chi connectivity index (χ1n) is 17.6. The van der Waals surface area contributed by atoms with Crippen molar-refractivity contribution < 1.29 is 97.5 Å². The third-order valence-corrected chi connectivity index (χ3v) is 10.0. The molecule has 1 aromatic heterocycles. The summed E-state index contributed by atoms with van der Waals surface area (Å²) in [5.74, 6) is -71.1. The van der Waals surface area contributed by atoms with E-state index in [4.69, 9.17) is 0 Å². The van der Waals surface area contributed by atoms with Gasteiger partial charge in [0.1, 0.15) is 58.4 Å². The van der Waals surface area contributed by atoms with Crippen molar-refractivity contribution in [2.45, 2.75) is 6.54 Å². The van der Waals surface area contributed by atoms with E-state index in [0.717, 1.165) is 17.7 Å². The standard InChI is InChI=1S/C24BF20.C18H15NO/c26-5-1(6(27)14(35)21(42)13(5)34)25(2-7(28)15(36)22(43)16(37)8(2)29,3-9(30)17(38)23(44)18(39)10(3)31)4-11(32)19(40)24(45)20(41)12(4)33;20-18-8-6-16(7-9-18)17-10-12-19(13-11-17)14-15-4-2-1-3-5-15/h;1-13H,14H2/q-1;/p+1. The van der Waals surface area contributed by atoms with Crippen molar-refractivity contribution >= 4 is 28.0 Å². The Bertz CT molecular complexity index is 2620. The molecule has 0 amide bonds. The summed E-state index contributed by atoms with van der Waals surface area (Å²) in [4.78, 5) is 0. The lowest BCUT2D eigenvalue weighted by atomic mass is 9.12. The molecule has 0 aliphatic carbocycles. The van der Waals surface area contributed by atoms with E-state index in [-0.39, 0.29) is 0 Å². The van der Waals surface area contributed by atoms with Gasteiger partial charge in [0.25, 0.3) is 0 Å². The van der Waals surface area contributed by atoms with Crippen LogP contribution in [-0.4, -0.2) is 11.3 Å². The Kier molecular flexibility index (Phi) is 13.0. The van der Waals surface area contributed by atoms with Gasteiger partial charge in [0.05, 0.1) is 0 Å². The van der Waals surface area contributed by atoms with Crippen LogP contribution in [0.3, 0.4) is 0 Å². The molecule has 338 valence electrons. The number of hydrogen-bond donors (Lipinski definition) is 1. The summed E-state index contributed by atoms with van der Waals surface area (Å²) in [5.41, 5.74) is -10.8. The molecular weight excluding hydrogens is 925 g/mol. The van der Waals surface area contributed by atoms with Crippen LogP contribution >= 0.6 is 0 Å². The number of phenolic OH excluding ortho intramolecular Hbond substituents is 1. The zero-order valence-electron chi connectivity index (χ0n) is 31.2. The first kappa shape index (κ1) is 47.4. The predicted octanol–water partition coefficient (Wildman–Crippen LogP) is 9.24. The summed E-state index contributed by atoms with van der Waals surface area (Å²) < 4.78 is 296. The van der Waals surface area contributed by atoms with Crippen molar-refractivity contribution in [3.05, 3.63) is 201 Å². The fraction of sp³-hybridized carbons (Fsp3) is 0.0238. The van der Waals surface area contributed by atoms with Crippen LogP contribution in [0.15, 0.2) is 79.1 Å². The average molecular weight is 941 g/mol. The molecule has 0 aliphatic rings. The van der Waals surface area contributed by atoms with Gasteiger partial charge in [0.2, 0.25) is 0 Å². The second-order valence-electron chi connectivity index (χ2n) is 13.6. The molecule has 65 heavy (non-hydrogen) atoms. The minimum Gasteiger partial charge on any atom is -0.508 e. The minimum atomic E-state index is -7.22. The maximum Gasteiger partial charge on any atom is 0.200 e. The lowest BCUT2D eigenvalue weighted by Crippen LogP contribution is -2.81. The normalized spacial score (nSPS) is 11.5. The molecule has 1 heterocycles. The average Bonchev–Trinajstić information content (AvgIpc) is 3.30. The van der Waals surface area contributed by atoms with E-state index in [1.807, 2.05) is 18.2 Å². The Labute approximate surface area is 349 Å². The molecule has 0 spiro atoms. The highest BCUT2D eigenvalue weighted by Crippen LogP contribution is 2.31. The molecule has 0 fully saturated rings. The lowest BCUT2D eigenvalue weighted by molar-refractivity contribution is -0.688. The molecule has 1 N–H and O–H groups in total. The molecule has 0 bridgehead atoms. The number of aromatic nitrogens is 1. The lowest BCUT2D eigenvalue weighted by Gasteiger charge is -2.44. The van der Waals surface area contributed by atoms with Crippen LogP contribution in [0.25, 0.3) is 11.1 Å². The number of nitrogens with zero attached hydrogens (tertiary/aromatic N) is 1. The van der Waals surface area contributed by atoms with Gasteiger partial charge in [0, 0.05) is 17.7 Å². The smallest absolute Gasteiger partial charge is 0.200 e. The van der Waals surface area contributed by atoms with E-state index in [2.05, 4.69) is 53.4 Å². The second-order valence-corrected chi connectivity index (χ2v) is 13.6. The number of halogens is 20. The van der Waals surface area contributed by atoms with Crippen LogP contribution in [0.4, 0.5) is 87.8 Å². The number of pyridine rings is 1. The molecule has 0 atom stereocenters. The fourth-order valence-electron chi connectivity index (χ4n) is 7.08. The van der Waals surface area contributed by atoms with Crippen molar-refractivity contribution in [2.24, 2.45) is 0 Å². The summed E-state index contributed by atoms with van der Waals surface area (Å²) in [7, 11) is 0. The van der Waals surface area contributed by atoms with Gasteiger partial charge >= 0.3 is 0 Å². The quantitative estimate of drug-likeness (QED) is 0.0557. The maximum absolute atomic E-state index is 15.4. The van der Waals surface area contributed by atoms with Gasteiger partial charge in [-0.15, -0.1) is 21.9 Å². The Morgan fingerprint density at radius 1 is 0.308 bits per heavy atom. The number of aromatic hydroxyl groups is 1. The van der Waals surface area contributed by atoms with Crippen LogP contribution in [0, 0.1) is 116 Å². The van der Waals surface area contributed by atoms with Gasteiger partial charge in [0.15, 0.2) is 88.7 Å². The Hall–Kier alpha value is -7.07. The first-order chi connectivity index (χ1) is 30.5. The fourth-order valence-corrected chi connectivity index (χ4v) is 7.08. The molecule has 6 aromatic carbocycles. The highest BCUT2D eigenvalue weighted by atomic mass is 19.2. The van der Waals surface area contributed by atoms with E-state index < -0.39 is 144 Å². The van der Waals surface area contributed by atoms with Crippen molar-refractivity contribution in [3.8, 4) is 16.9 Å². The summed E-state index contributed by atoms with van der Waals surface area (Å²) in [6.07, 6.45) is -3.06. The van der Waals surface area contributed by atoms with Gasteiger partial charge in [-0.1, -0.05) is 42.5 Å². The summed E-state index contributed by atoms with van der Waals surface area (Å²) in [5, 5.41) is 9.31. The Morgan fingerprint density at radius 3 is 0.831 bits per heavy atom. The number of rotatable bonds is 7. The van der Waals surface area contributed by atoms with Gasteiger partial charge in [-0.3, -0.25) is 0 Å². The molecule has 0 saturated carbocycles. The topological polar surface area (TPSA) is 24.1 Å². The van der Waals surface area contributed by atoms with E-state index >= 15 is 35.1 Å². The third kappa shape index (κ3) is 7.75. The maximum atomic E-state index is 15.4.